The number of nitrogens with zero attached hydrogens (tertiary/aromatic N) is 1. The second-order valence-corrected chi connectivity index (χ2v) is 4.47. The fraction of sp³-hybridized carbons (Fsp3) is 0.308. The van der Waals surface area contributed by atoms with E-state index in [1.54, 1.807) is 32.5 Å². The zero-order valence-electron chi connectivity index (χ0n) is 11.0. The number of hydrogen-bond donors (Lipinski definition) is 2. The molecule has 0 fully saturated rings. The highest BCUT2D eigenvalue weighted by Crippen LogP contribution is 2.37. The maximum Gasteiger partial charge on any atom is 0.145 e. The van der Waals surface area contributed by atoms with Crippen LogP contribution in [0.2, 0.25) is 5.02 Å². The summed E-state index contributed by atoms with van der Waals surface area (Å²) in [6.45, 7) is 2.02. The van der Waals surface area contributed by atoms with E-state index in [-0.39, 0.29) is 6.04 Å². The van der Waals surface area contributed by atoms with Gasteiger partial charge in [-0.05, 0) is 19.1 Å². The molecule has 0 amide bonds. The van der Waals surface area contributed by atoms with E-state index in [2.05, 4.69) is 15.5 Å². The Hall–Kier alpha value is -1.88. The summed E-state index contributed by atoms with van der Waals surface area (Å²) >= 11 is 6.13. The van der Waals surface area contributed by atoms with Crippen molar-refractivity contribution < 1.29 is 9.47 Å². The first kappa shape index (κ1) is 13.5. The molecule has 0 bridgehead atoms. The molecule has 102 valence electrons. The van der Waals surface area contributed by atoms with E-state index >= 15 is 0 Å². The predicted octanol–water partition coefficient (Wildman–Crippen LogP) is 3.25. The number of H-pyrrole nitrogens is 1. The lowest BCUT2D eigenvalue weighted by Crippen LogP contribution is -2.08. The van der Waals surface area contributed by atoms with E-state index < -0.39 is 0 Å². The maximum atomic E-state index is 6.13. The van der Waals surface area contributed by atoms with Crippen molar-refractivity contribution in [3.8, 4) is 11.5 Å². The van der Waals surface area contributed by atoms with Gasteiger partial charge >= 0.3 is 0 Å². The fourth-order valence-corrected chi connectivity index (χ4v) is 2.03. The third-order valence-electron chi connectivity index (χ3n) is 2.83. The fourth-order valence-electron chi connectivity index (χ4n) is 1.79. The quantitative estimate of drug-likeness (QED) is 0.883. The summed E-state index contributed by atoms with van der Waals surface area (Å²) in [6.07, 6.45) is 1.71. The van der Waals surface area contributed by atoms with Crippen molar-refractivity contribution in [2.75, 3.05) is 19.5 Å². The zero-order valence-corrected chi connectivity index (χ0v) is 11.8. The Morgan fingerprint density at radius 1 is 1.26 bits per heavy atom. The van der Waals surface area contributed by atoms with Crippen LogP contribution in [0.3, 0.4) is 0 Å². The van der Waals surface area contributed by atoms with Gasteiger partial charge in [0.1, 0.15) is 11.5 Å². The molecule has 0 aliphatic rings. The Kier molecular flexibility index (Phi) is 4.16. The molecule has 1 aromatic carbocycles. The van der Waals surface area contributed by atoms with E-state index in [1.165, 1.54) is 0 Å². The minimum atomic E-state index is 0.0564. The van der Waals surface area contributed by atoms with E-state index in [0.29, 0.717) is 16.5 Å². The number of anilines is 1. The van der Waals surface area contributed by atoms with Crippen LogP contribution in [-0.2, 0) is 0 Å². The zero-order chi connectivity index (χ0) is 13.8. The van der Waals surface area contributed by atoms with Crippen molar-refractivity contribution in [2.24, 2.45) is 0 Å². The second kappa shape index (κ2) is 5.84. The number of hydrogen-bond acceptors (Lipinski definition) is 4. The summed E-state index contributed by atoms with van der Waals surface area (Å²) in [4.78, 5) is 0. The molecule has 1 atom stereocenters. The molecule has 0 radical (unpaired) electrons. The molecule has 0 saturated carbocycles. The van der Waals surface area contributed by atoms with Gasteiger partial charge in [-0.2, -0.15) is 5.10 Å². The van der Waals surface area contributed by atoms with Crippen LogP contribution >= 0.6 is 11.6 Å². The van der Waals surface area contributed by atoms with Crippen LogP contribution in [0.1, 0.15) is 18.7 Å². The summed E-state index contributed by atoms with van der Waals surface area (Å²) in [5.74, 6) is 1.26. The number of aromatic nitrogens is 2. The largest absolute Gasteiger partial charge is 0.495 e. The maximum absolute atomic E-state index is 6.13. The first-order valence-corrected chi connectivity index (χ1v) is 6.20. The molecule has 5 nitrogen and oxygen atoms in total. The first-order valence-electron chi connectivity index (χ1n) is 5.83. The summed E-state index contributed by atoms with van der Waals surface area (Å²) < 4.78 is 10.5. The monoisotopic (exact) mass is 281 g/mol. The minimum Gasteiger partial charge on any atom is -0.495 e. The van der Waals surface area contributed by atoms with E-state index in [0.717, 1.165) is 11.4 Å². The number of benzene rings is 1. The molecule has 0 aliphatic carbocycles. The molecular formula is C13H16ClN3O2. The van der Waals surface area contributed by atoms with Crippen LogP contribution in [0.4, 0.5) is 5.69 Å². The molecule has 2 N–H and O–H groups in total. The molecule has 0 saturated heterocycles. The number of methoxy groups -OCH3 is 2. The number of ether oxygens (including phenoxy) is 2. The van der Waals surface area contributed by atoms with Crippen LogP contribution in [0, 0.1) is 0 Å². The average molecular weight is 282 g/mol. The molecule has 1 unspecified atom stereocenters. The molecule has 0 spiro atoms. The molecule has 2 aromatic rings. The third-order valence-corrected chi connectivity index (χ3v) is 3.13. The van der Waals surface area contributed by atoms with Crippen LogP contribution in [0.15, 0.2) is 24.4 Å². The van der Waals surface area contributed by atoms with Gasteiger partial charge in [0.05, 0.1) is 36.7 Å². The minimum absolute atomic E-state index is 0.0564. The van der Waals surface area contributed by atoms with Crippen molar-refractivity contribution in [3.05, 3.63) is 35.1 Å². The molecular weight excluding hydrogens is 266 g/mol. The lowest BCUT2D eigenvalue weighted by Gasteiger charge is -2.17. The average Bonchev–Trinajstić information content (AvgIpc) is 2.93. The first-order chi connectivity index (χ1) is 9.15. The van der Waals surface area contributed by atoms with Gasteiger partial charge in [0, 0.05) is 12.3 Å². The Bertz CT molecular complexity index is 543. The van der Waals surface area contributed by atoms with E-state index in [1.807, 2.05) is 13.0 Å². The van der Waals surface area contributed by atoms with Crippen molar-refractivity contribution >= 4 is 17.3 Å². The van der Waals surface area contributed by atoms with Crippen LogP contribution in [0.5, 0.6) is 11.5 Å². The summed E-state index contributed by atoms with van der Waals surface area (Å²) in [5, 5.41) is 10.7. The summed E-state index contributed by atoms with van der Waals surface area (Å²) in [7, 11) is 3.18. The van der Waals surface area contributed by atoms with Gasteiger partial charge in [-0.1, -0.05) is 11.6 Å². The highest BCUT2D eigenvalue weighted by molar-refractivity contribution is 6.32. The van der Waals surface area contributed by atoms with Gasteiger partial charge in [0.15, 0.2) is 0 Å². The Morgan fingerprint density at radius 3 is 2.58 bits per heavy atom. The van der Waals surface area contributed by atoms with Crippen LogP contribution in [-0.4, -0.2) is 24.4 Å². The SMILES string of the molecule is COc1cc(OC)c(NC(C)c2ccn[nH]2)cc1Cl. The number of aromatic amines is 1. The highest BCUT2D eigenvalue weighted by Gasteiger charge is 2.13. The van der Waals surface area contributed by atoms with Gasteiger partial charge < -0.3 is 14.8 Å². The van der Waals surface area contributed by atoms with Crippen molar-refractivity contribution in [3.63, 3.8) is 0 Å². The molecule has 0 aliphatic heterocycles. The Morgan fingerprint density at radius 2 is 2.00 bits per heavy atom. The molecule has 19 heavy (non-hydrogen) atoms. The normalized spacial score (nSPS) is 12.0. The third kappa shape index (κ3) is 2.93. The van der Waals surface area contributed by atoms with Gasteiger partial charge in [-0.15, -0.1) is 0 Å². The van der Waals surface area contributed by atoms with Gasteiger partial charge in [0.25, 0.3) is 0 Å². The van der Waals surface area contributed by atoms with Crippen molar-refractivity contribution in [1.82, 2.24) is 10.2 Å². The standard InChI is InChI=1S/C13H16ClN3O2/c1-8(10-4-5-15-17-10)16-11-6-9(14)12(18-2)7-13(11)19-3/h4-8,16H,1-3H3,(H,15,17). The predicted molar refractivity (Wildman–Crippen MR) is 75.2 cm³/mol. The van der Waals surface area contributed by atoms with Gasteiger partial charge in [-0.25, -0.2) is 0 Å². The number of nitrogens with one attached hydrogen (secondary N) is 2. The number of rotatable bonds is 5. The Balaban J connectivity index is 2.26. The van der Waals surface area contributed by atoms with Crippen LogP contribution < -0.4 is 14.8 Å². The topological polar surface area (TPSA) is 59.2 Å². The smallest absolute Gasteiger partial charge is 0.145 e. The lowest BCUT2D eigenvalue weighted by atomic mass is 10.2. The molecule has 2 rings (SSSR count). The van der Waals surface area contributed by atoms with E-state index in [4.69, 9.17) is 21.1 Å². The van der Waals surface area contributed by atoms with Gasteiger partial charge in [0.2, 0.25) is 0 Å². The summed E-state index contributed by atoms with van der Waals surface area (Å²) in [5.41, 5.74) is 1.78. The molecule has 1 aromatic heterocycles. The van der Waals surface area contributed by atoms with E-state index in [9.17, 15) is 0 Å². The summed E-state index contributed by atoms with van der Waals surface area (Å²) in [6, 6.07) is 5.51. The highest BCUT2D eigenvalue weighted by atomic mass is 35.5. The molecule has 6 heteroatoms. The lowest BCUT2D eigenvalue weighted by molar-refractivity contribution is 0.395. The van der Waals surface area contributed by atoms with Crippen LogP contribution in [0.25, 0.3) is 0 Å². The van der Waals surface area contributed by atoms with Crippen molar-refractivity contribution in [2.45, 2.75) is 13.0 Å². The van der Waals surface area contributed by atoms with Crippen molar-refractivity contribution in [1.29, 1.82) is 0 Å². The Labute approximate surface area is 116 Å². The van der Waals surface area contributed by atoms with Gasteiger partial charge in [-0.3, -0.25) is 5.10 Å². The molecule has 1 heterocycles. The second-order valence-electron chi connectivity index (χ2n) is 4.07. The number of halogens is 1.